The Bertz CT molecular complexity index is 623. The van der Waals surface area contributed by atoms with Crippen molar-refractivity contribution in [2.75, 3.05) is 24.2 Å². The number of carboxylic acid groups (broad SMARTS) is 1. The minimum absolute atomic E-state index is 0.0903. The molecule has 1 heterocycles. The molecule has 0 aromatic carbocycles. The normalized spacial score (nSPS) is 11.1. The Morgan fingerprint density at radius 1 is 1.38 bits per heavy atom. The number of amides is 2. The fourth-order valence-electron chi connectivity index (χ4n) is 1.61. The third-order valence-corrected chi connectivity index (χ3v) is 3.91. The summed E-state index contributed by atoms with van der Waals surface area (Å²) in [6, 6.07) is 0.793. The van der Waals surface area contributed by atoms with Crippen LogP contribution in [0.1, 0.15) is 23.1 Å². The van der Waals surface area contributed by atoms with E-state index >= 15 is 0 Å². The van der Waals surface area contributed by atoms with Gasteiger partial charge >= 0.3 is 12.0 Å². The molecule has 0 spiro atoms. The van der Waals surface area contributed by atoms with Gasteiger partial charge < -0.3 is 20.7 Å². The van der Waals surface area contributed by atoms with Crippen molar-refractivity contribution in [3.05, 3.63) is 17.5 Å². The van der Waals surface area contributed by atoms with Crippen LogP contribution < -0.4 is 15.4 Å². The van der Waals surface area contributed by atoms with E-state index in [0.29, 0.717) is 5.69 Å². The van der Waals surface area contributed by atoms with Gasteiger partial charge in [0, 0.05) is 18.8 Å². The number of aryl methyl sites for hydroxylation is 1. The summed E-state index contributed by atoms with van der Waals surface area (Å²) in [5, 5.41) is 13.6. The molecule has 9 nitrogen and oxygen atoms in total. The van der Waals surface area contributed by atoms with Crippen LogP contribution in [0.4, 0.5) is 10.5 Å². The number of aromatic carboxylic acids is 1. The van der Waals surface area contributed by atoms with Crippen LogP contribution >= 0.6 is 0 Å². The predicted octanol–water partition coefficient (Wildman–Crippen LogP) is 0.0821. The largest absolute Gasteiger partial charge is 0.477 e. The minimum Gasteiger partial charge on any atom is -0.477 e. The van der Waals surface area contributed by atoms with E-state index in [9.17, 15) is 18.0 Å². The Labute approximate surface area is 122 Å². The van der Waals surface area contributed by atoms with E-state index in [0.717, 1.165) is 0 Å². The fraction of sp³-hybridized carbons (Fsp3) is 0.455. The molecule has 118 valence electrons. The molecule has 0 bridgehead atoms. The monoisotopic (exact) mass is 318 g/mol. The third kappa shape index (κ3) is 5.44. The third-order valence-electron chi connectivity index (χ3n) is 2.44. The number of rotatable bonds is 7. The maximum Gasteiger partial charge on any atom is 0.354 e. The molecule has 2 amide bonds. The number of urea groups is 1. The summed E-state index contributed by atoms with van der Waals surface area (Å²) in [7, 11) is -3.41. The van der Waals surface area contributed by atoms with Gasteiger partial charge in [-0.05, 0) is 13.0 Å². The maximum absolute atomic E-state index is 11.6. The first-order valence-electron chi connectivity index (χ1n) is 6.20. The van der Waals surface area contributed by atoms with Gasteiger partial charge in [0.2, 0.25) is 10.0 Å². The highest BCUT2D eigenvalue weighted by molar-refractivity contribution is 7.89. The van der Waals surface area contributed by atoms with Gasteiger partial charge in [0.25, 0.3) is 0 Å². The van der Waals surface area contributed by atoms with E-state index in [1.54, 1.807) is 13.8 Å². The SMILES string of the molecule is CCNS(=O)(=O)CCNC(=O)Nc1cc(C)[nH]c1C(=O)O. The summed E-state index contributed by atoms with van der Waals surface area (Å²) in [5.41, 5.74) is 0.562. The van der Waals surface area contributed by atoms with Crippen molar-refractivity contribution in [1.82, 2.24) is 15.0 Å². The zero-order valence-corrected chi connectivity index (χ0v) is 12.5. The van der Waals surface area contributed by atoms with Crippen LogP contribution in [0, 0.1) is 6.92 Å². The highest BCUT2D eigenvalue weighted by Crippen LogP contribution is 2.16. The van der Waals surface area contributed by atoms with Gasteiger partial charge in [-0.2, -0.15) is 0 Å². The van der Waals surface area contributed by atoms with E-state index in [2.05, 4.69) is 20.3 Å². The van der Waals surface area contributed by atoms with Crippen molar-refractivity contribution in [2.24, 2.45) is 0 Å². The first-order chi connectivity index (χ1) is 9.75. The molecule has 21 heavy (non-hydrogen) atoms. The number of sulfonamides is 1. The van der Waals surface area contributed by atoms with Crippen LogP contribution in [0.3, 0.4) is 0 Å². The topological polar surface area (TPSA) is 140 Å². The molecule has 0 aliphatic carbocycles. The van der Waals surface area contributed by atoms with Gasteiger partial charge in [-0.3, -0.25) is 0 Å². The highest BCUT2D eigenvalue weighted by atomic mass is 32.2. The quantitative estimate of drug-likeness (QED) is 0.484. The molecule has 0 unspecified atom stereocenters. The van der Waals surface area contributed by atoms with E-state index < -0.39 is 22.0 Å². The van der Waals surface area contributed by atoms with Gasteiger partial charge in [0.05, 0.1) is 11.4 Å². The summed E-state index contributed by atoms with van der Waals surface area (Å²) in [5.74, 6) is -1.46. The molecule has 0 radical (unpaired) electrons. The average molecular weight is 318 g/mol. The van der Waals surface area contributed by atoms with Crippen molar-refractivity contribution in [2.45, 2.75) is 13.8 Å². The number of carboxylic acids is 1. The molecule has 5 N–H and O–H groups in total. The number of carbonyl (C=O) groups excluding carboxylic acids is 1. The van der Waals surface area contributed by atoms with Crippen LogP contribution in [0.5, 0.6) is 0 Å². The summed E-state index contributed by atoms with van der Waals surface area (Å²) in [4.78, 5) is 25.1. The second-order valence-corrected chi connectivity index (χ2v) is 6.17. The predicted molar refractivity (Wildman–Crippen MR) is 77.0 cm³/mol. The number of hydrogen-bond acceptors (Lipinski definition) is 4. The van der Waals surface area contributed by atoms with Gasteiger partial charge in [-0.1, -0.05) is 6.92 Å². The Balaban J connectivity index is 2.53. The second-order valence-electron chi connectivity index (χ2n) is 4.24. The molecule has 0 aliphatic heterocycles. The lowest BCUT2D eigenvalue weighted by Gasteiger charge is -2.08. The van der Waals surface area contributed by atoms with Gasteiger partial charge in [0.15, 0.2) is 0 Å². The Morgan fingerprint density at radius 2 is 2.05 bits per heavy atom. The fourth-order valence-corrected chi connectivity index (χ4v) is 2.57. The van der Waals surface area contributed by atoms with Crippen LogP contribution in [0.25, 0.3) is 0 Å². The van der Waals surface area contributed by atoms with E-state index in [1.807, 2.05) is 0 Å². The second kappa shape index (κ2) is 7.09. The molecule has 10 heteroatoms. The van der Waals surface area contributed by atoms with Crippen molar-refractivity contribution in [3.63, 3.8) is 0 Å². The molecule has 0 fully saturated rings. The molecule has 1 rings (SSSR count). The molecule has 0 aliphatic rings. The Kier molecular flexibility index (Phi) is 5.73. The summed E-state index contributed by atoms with van der Waals surface area (Å²) in [6.45, 7) is 3.49. The van der Waals surface area contributed by atoms with Crippen molar-refractivity contribution >= 4 is 27.7 Å². The number of anilines is 1. The van der Waals surface area contributed by atoms with Crippen molar-refractivity contribution < 1.29 is 23.1 Å². The average Bonchev–Trinajstić information content (AvgIpc) is 2.69. The molecular weight excluding hydrogens is 300 g/mol. The first-order valence-corrected chi connectivity index (χ1v) is 7.85. The summed E-state index contributed by atoms with van der Waals surface area (Å²) < 4.78 is 25.0. The van der Waals surface area contributed by atoms with Crippen LogP contribution in [-0.2, 0) is 10.0 Å². The van der Waals surface area contributed by atoms with Gasteiger partial charge in [0.1, 0.15) is 5.69 Å². The molecule has 0 saturated carbocycles. The summed E-state index contributed by atoms with van der Waals surface area (Å²) >= 11 is 0. The van der Waals surface area contributed by atoms with Crippen molar-refractivity contribution in [1.29, 1.82) is 0 Å². The van der Waals surface area contributed by atoms with Crippen LogP contribution in [-0.4, -0.2) is 49.4 Å². The molecule has 0 atom stereocenters. The Hall–Kier alpha value is -2.07. The van der Waals surface area contributed by atoms with Gasteiger partial charge in [-0.15, -0.1) is 0 Å². The number of nitrogens with one attached hydrogen (secondary N) is 4. The number of aromatic amines is 1. The minimum atomic E-state index is -3.41. The standard InChI is InChI=1S/C11H18N4O5S/c1-3-13-21(19,20)5-4-12-11(18)15-8-6-7(2)14-9(8)10(16)17/h6,13-14H,3-5H2,1-2H3,(H,16,17)(H2,12,15,18). The number of H-pyrrole nitrogens is 1. The number of carbonyl (C=O) groups is 2. The zero-order valence-electron chi connectivity index (χ0n) is 11.7. The Morgan fingerprint density at radius 3 is 2.62 bits per heavy atom. The van der Waals surface area contributed by atoms with Crippen LogP contribution in [0.2, 0.25) is 0 Å². The van der Waals surface area contributed by atoms with Crippen molar-refractivity contribution in [3.8, 4) is 0 Å². The lowest BCUT2D eigenvalue weighted by Crippen LogP contribution is -2.36. The maximum atomic E-state index is 11.6. The molecule has 0 saturated heterocycles. The smallest absolute Gasteiger partial charge is 0.354 e. The van der Waals surface area contributed by atoms with Gasteiger partial charge in [-0.25, -0.2) is 22.7 Å². The van der Waals surface area contributed by atoms with Crippen LogP contribution in [0.15, 0.2) is 6.07 Å². The molecule has 1 aromatic heterocycles. The van der Waals surface area contributed by atoms with E-state index in [1.165, 1.54) is 6.07 Å². The lowest BCUT2D eigenvalue weighted by atomic mass is 10.3. The number of hydrogen-bond donors (Lipinski definition) is 5. The zero-order chi connectivity index (χ0) is 16.0. The lowest BCUT2D eigenvalue weighted by molar-refractivity contribution is 0.0692. The van der Waals surface area contributed by atoms with E-state index in [4.69, 9.17) is 5.11 Å². The highest BCUT2D eigenvalue weighted by Gasteiger charge is 2.15. The first kappa shape index (κ1) is 17.0. The molecule has 1 aromatic rings. The molecular formula is C11H18N4O5S. The number of aromatic nitrogens is 1. The summed E-state index contributed by atoms with van der Waals surface area (Å²) in [6.07, 6.45) is 0. The van der Waals surface area contributed by atoms with E-state index in [-0.39, 0.29) is 30.2 Å².